The van der Waals surface area contributed by atoms with E-state index < -0.39 is 11.9 Å². The zero-order valence-electron chi connectivity index (χ0n) is 21.3. The van der Waals surface area contributed by atoms with Crippen molar-refractivity contribution in [2.24, 2.45) is 5.92 Å². The first-order valence-electron chi connectivity index (χ1n) is 13.1. The van der Waals surface area contributed by atoms with Crippen molar-refractivity contribution in [3.05, 3.63) is 59.4 Å². The molecule has 2 heterocycles. The summed E-state index contributed by atoms with van der Waals surface area (Å²) in [6.45, 7) is 4.33. The molecule has 1 fully saturated rings. The maximum Gasteiger partial charge on any atom is 0.414 e. The number of hydrogen-bond acceptors (Lipinski definition) is 4. The molecule has 5 rings (SSSR count). The molecule has 1 aliphatic heterocycles. The van der Waals surface area contributed by atoms with E-state index in [0.29, 0.717) is 12.3 Å². The molecular formula is C29H35N3O4. The van der Waals surface area contributed by atoms with Gasteiger partial charge in [0.2, 0.25) is 0 Å². The third-order valence-electron chi connectivity index (χ3n) is 8.06. The summed E-state index contributed by atoms with van der Waals surface area (Å²) in [5.41, 5.74) is 4.61. The van der Waals surface area contributed by atoms with Crippen LogP contribution in [0.4, 0.5) is 10.5 Å². The predicted octanol–water partition coefficient (Wildman–Crippen LogP) is 6.11. The topological polar surface area (TPSA) is 84.7 Å². The average Bonchev–Trinajstić information content (AvgIpc) is 3.25. The Bertz CT molecular complexity index is 1270. The highest BCUT2D eigenvalue weighted by Gasteiger charge is 2.34. The number of amides is 1. The molecule has 4 atom stereocenters. The van der Waals surface area contributed by atoms with Crippen LogP contribution in [-0.4, -0.2) is 39.9 Å². The van der Waals surface area contributed by atoms with Crippen molar-refractivity contribution in [3.8, 4) is 0 Å². The number of carboxylic acids is 1. The number of hydrogen-bond donors (Lipinski definition) is 1. The molecule has 0 saturated heterocycles. The molecule has 0 bridgehead atoms. The fourth-order valence-corrected chi connectivity index (χ4v) is 6.23. The van der Waals surface area contributed by atoms with Gasteiger partial charge in [0.1, 0.15) is 5.82 Å². The number of methoxy groups -OCH3 is 1. The lowest BCUT2D eigenvalue weighted by Crippen LogP contribution is -2.42. The highest BCUT2D eigenvalue weighted by Crippen LogP contribution is 2.41. The molecule has 1 N–H and O–H groups in total. The largest absolute Gasteiger partial charge is 0.481 e. The van der Waals surface area contributed by atoms with E-state index in [4.69, 9.17) is 9.72 Å². The number of aliphatic carboxylic acids is 1. The van der Waals surface area contributed by atoms with Crippen LogP contribution in [-0.2, 0) is 22.4 Å². The van der Waals surface area contributed by atoms with Gasteiger partial charge in [-0.15, -0.1) is 0 Å². The summed E-state index contributed by atoms with van der Waals surface area (Å²) < 4.78 is 7.41. The second-order valence-electron chi connectivity index (χ2n) is 10.5. The van der Waals surface area contributed by atoms with Gasteiger partial charge in [0.15, 0.2) is 0 Å². The van der Waals surface area contributed by atoms with Gasteiger partial charge in [-0.1, -0.05) is 50.1 Å². The van der Waals surface area contributed by atoms with Crippen LogP contribution in [0.2, 0.25) is 0 Å². The van der Waals surface area contributed by atoms with Crippen molar-refractivity contribution in [2.75, 3.05) is 12.0 Å². The summed E-state index contributed by atoms with van der Waals surface area (Å²) in [7, 11) is 1.41. The Labute approximate surface area is 212 Å². The van der Waals surface area contributed by atoms with Crippen molar-refractivity contribution in [2.45, 2.75) is 76.8 Å². The van der Waals surface area contributed by atoms with Gasteiger partial charge in [0, 0.05) is 24.1 Å². The van der Waals surface area contributed by atoms with Crippen LogP contribution >= 0.6 is 0 Å². The summed E-state index contributed by atoms with van der Waals surface area (Å²) in [5, 5.41) is 10.2. The van der Waals surface area contributed by atoms with Crippen molar-refractivity contribution in [1.82, 2.24) is 9.55 Å². The highest BCUT2D eigenvalue weighted by atomic mass is 16.5. The van der Waals surface area contributed by atoms with Crippen LogP contribution in [0.1, 0.15) is 74.9 Å². The van der Waals surface area contributed by atoms with Crippen LogP contribution in [0.3, 0.4) is 0 Å². The lowest BCUT2D eigenvalue weighted by molar-refractivity contribution is -0.138. The maximum atomic E-state index is 12.6. The third-order valence-corrected chi connectivity index (χ3v) is 8.06. The number of carboxylic acid groups (broad SMARTS) is 1. The van der Waals surface area contributed by atoms with Crippen LogP contribution in [0.15, 0.2) is 42.5 Å². The zero-order valence-corrected chi connectivity index (χ0v) is 21.3. The molecule has 1 saturated carbocycles. The Balaban J connectivity index is 1.66. The van der Waals surface area contributed by atoms with Gasteiger partial charge in [-0.05, 0) is 56.2 Å². The molecule has 2 aromatic carbocycles. The number of imidazole rings is 1. The monoisotopic (exact) mass is 489 g/mol. The van der Waals surface area contributed by atoms with Crippen molar-refractivity contribution >= 4 is 28.8 Å². The first-order valence-corrected chi connectivity index (χ1v) is 13.1. The molecule has 1 unspecified atom stereocenters. The van der Waals surface area contributed by atoms with Crippen molar-refractivity contribution < 1.29 is 19.4 Å². The molecule has 2 aliphatic rings. The molecule has 3 aromatic rings. The van der Waals surface area contributed by atoms with Gasteiger partial charge in [-0.25, -0.2) is 9.78 Å². The van der Waals surface area contributed by atoms with E-state index >= 15 is 0 Å². The van der Waals surface area contributed by atoms with Gasteiger partial charge in [-0.2, -0.15) is 0 Å². The summed E-state index contributed by atoms with van der Waals surface area (Å²) in [4.78, 5) is 31.9. The molecule has 36 heavy (non-hydrogen) atoms. The normalized spacial score (nSPS) is 22.8. The molecule has 1 aromatic heterocycles. The first-order chi connectivity index (χ1) is 17.4. The quantitative estimate of drug-likeness (QED) is 0.468. The molecule has 0 spiro atoms. The van der Waals surface area contributed by atoms with Gasteiger partial charge >= 0.3 is 12.1 Å². The Morgan fingerprint density at radius 3 is 2.58 bits per heavy atom. The number of aryl methyl sites for hydroxylation is 1. The highest BCUT2D eigenvalue weighted by molar-refractivity contribution is 5.95. The number of carbonyl (C=O) groups excluding carboxylic acids is 1. The molecule has 1 amide bonds. The van der Waals surface area contributed by atoms with Gasteiger partial charge in [-0.3, -0.25) is 9.69 Å². The standard InChI is InChI=1S/C29H35N3O4/c1-18-8-7-11-21(16-18)32-25-15-14-24-22(13-12-19(2)31(24)29(35)36-3)27(25)30-26(32)17-23(28(33)34)20-9-5-4-6-10-20/h4-6,9-10,14-15,18-19,21,23H,7-8,11-13,16-17H2,1-3H3,(H,33,34)/t18-,19-,21-,23?/m0/s1. The minimum absolute atomic E-state index is 0.0395. The third kappa shape index (κ3) is 4.36. The van der Waals surface area contributed by atoms with E-state index in [1.807, 2.05) is 43.3 Å². The number of carbonyl (C=O) groups is 2. The number of anilines is 1. The minimum Gasteiger partial charge on any atom is -0.481 e. The van der Waals surface area contributed by atoms with E-state index in [2.05, 4.69) is 17.6 Å². The first kappa shape index (κ1) is 24.3. The second kappa shape index (κ2) is 9.96. The summed E-state index contributed by atoms with van der Waals surface area (Å²) >= 11 is 0. The van der Waals surface area contributed by atoms with E-state index in [-0.39, 0.29) is 18.2 Å². The van der Waals surface area contributed by atoms with E-state index in [1.165, 1.54) is 13.5 Å². The smallest absolute Gasteiger partial charge is 0.414 e. The number of nitrogens with zero attached hydrogens (tertiary/aromatic N) is 3. The van der Waals surface area contributed by atoms with Crippen LogP contribution in [0.5, 0.6) is 0 Å². The Hall–Kier alpha value is -3.35. The maximum absolute atomic E-state index is 12.6. The molecule has 1 aliphatic carbocycles. The number of benzene rings is 2. The van der Waals surface area contributed by atoms with Gasteiger partial charge < -0.3 is 14.4 Å². The van der Waals surface area contributed by atoms with Gasteiger partial charge in [0.05, 0.1) is 29.7 Å². The van der Waals surface area contributed by atoms with Crippen LogP contribution in [0, 0.1) is 5.92 Å². The van der Waals surface area contributed by atoms with E-state index in [0.717, 1.165) is 65.8 Å². The molecule has 7 nitrogen and oxygen atoms in total. The number of fused-ring (bicyclic) bond motifs is 3. The van der Waals surface area contributed by atoms with Crippen molar-refractivity contribution in [3.63, 3.8) is 0 Å². The predicted molar refractivity (Wildman–Crippen MR) is 140 cm³/mol. The molecule has 0 radical (unpaired) electrons. The number of rotatable bonds is 5. The van der Waals surface area contributed by atoms with Crippen LogP contribution in [0.25, 0.3) is 11.0 Å². The van der Waals surface area contributed by atoms with Crippen molar-refractivity contribution in [1.29, 1.82) is 0 Å². The van der Waals surface area contributed by atoms with E-state index in [1.54, 1.807) is 4.90 Å². The van der Waals surface area contributed by atoms with E-state index in [9.17, 15) is 14.7 Å². The molecule has 7 heteroatoms. The second-order valence-corrected chi connectivity index (χ2v) is 10.5. The Morgan fingerprint density at radius 1 is 1.11 bits per heavy atom. The zero-order chi connectivity index (χ0) is 25.4. The average molecular weight is 490 g/mol. The fraction of sp³-hybridized carbons (Fsp3) is 0.483. The fourth-order valence-electron chi connectivity index (χ4n) is 6.23. The minimum atomic E-state index is -0.843. The van der Waals surface area contributed by atoms with Gasteiger partial charge in [0.25, 0.3) is 0 Å². The lowest BCUT2D eigenvalue weighted by Gasteiger charge is -2.34. The Morgan fingerprint density at radius 2 is 1.89 bits per heavy atom. The SMILES string of the molecule is COC(=O)N1c2ccc3c(nc(CC(C(=O)O)c4ccccc4)n3[C@H]3CCC[C@H](C)C3)c2CC[C@@H]1C. The number of aromatic nitrogens is 2. The molecule has 190 valence electrons. The summed E-state index contributed by atoms with van der Waals surface area (Å²) in [6.07, 6.45) is 6.11. The lowest BCUT2D eigenvalue weighted by atomic mass is 9.86. The summed E-state index contributed by atoms with van der Waals surface area (Å²) in [5.74, 6) is -0.0848. The number of ether oxygens (including phenoxy) is 1. The van der Waals surface area contributed by atoms with Crippen LogP contribution < -0.4 is 4.90 Å². The Kier molecular flexibility index (Phi) is 6.73. The summed E-state index contributed by atoms with van der Waals surface area (Å²) in [6, 6.07) is 13.8. The molecular weight excluding hydrogens is 454 g/mol.